The van der Waals surface area contributed by atoms with Crippen molar-refractivity contribution in [3.8, 4) is 0 Å². The number of aromatic nitrogens is 6. The van der Waals surface area contributed by atoms with Crippen LogP contribution in [0.1, 0.15) is 189 Å². The minimum absolute atomic E-state index is 0.621. The van der Waals surface area contributed by atoms with Gasteiger partial charge in [0, 0.05) is 4.47 Å². The first-order valence-corrected chi connectivity index (χ1v) is 52.2. The van der Waals surface area contributed by atoms with Gasteiger partial charge in [-0.25, -0.2) is 9.52 Å². The maximum atomic E-state index is 7.23. The van der Waals surface area contributed by atoms with Gasteiger partial charge in [0.25, 0.3) is 0 Å². The number of nitrogens with zero attached hydrogens (tertiary/aromatic N) is 10. The van der Waals surface area contributed by atoms with Crippen molar-refractivity contribution in [1.82, 2.24) is 29.7 Å². The third kappa shape index (κ3) is 28.7. The number of unbranched alkanes of at least 4 members (excludes halogenated alkanes) is 9. The van der Waals surface area contributed by atoms with Crippen molar-refractivity contribution < 1.29 is 0 Å². The topological polar surface area (TPSA) is 76.6 Å². The molecule has 4 aromatic carbocycles. The largest absolute Gasteiger partial charge is 0.275 e. The average Bonchev–Trinajstić information content (AvgIpc) is 4.40. The summed E-state index contributed by atoms with van der Waals surface area (Å²) < 4.78 is 21.1. The fourth-order valence-corrected chi connectivity index (χ4v) is 45.3. The first-order chi connectivity index (χ1) is 40.1. The Kier molecular flexibility index (Phi) is 40.8. The summed E-state index contributed by atoms with van der Waals surface area (Å²) in [6.07, 6.45) is 32.5. The molecule has 0 aliphatic heterocycles. The summed E-state index contributed by atoms with van der Waals surface area (Å²) in [5.74, 6) is 0. The van der Waals surface area contributed by atoms with Gasteiger partial charge in [0.05, 0.1) is 18.8 Å². The second kappa shape index (κ2) is 45.9. The standard InChI is InChI=1S/C16H12BrN5.C16H12N5.9C4H9.3Sn/c1-18-15-6-8-16(9-7-15)22(21-11-19-20-12-21)10-13-2-4-14(17)5-3-13;1-17-15-7-9-16(10-8-15)21(20-12-18-19-13-20)11-14-5-3-2-4-6-14;9*1-3-4-2;;;/h2-9,11-12H,10H2;3-10,12-13H,11H2;9*1,3-4H2,2H3;;;. The molecule has 0 bridgehead atoms. The van der Waals surface area contributed by atoms with E-state index in [9.17, 15) is 0 Å². The Morgan fingerprint density at radius 2 is 0.683 bits per heavy atom. The number of hydrogen-bond acceptors (Lipinski definition) is 6. The van der Waals surface area contributed by atoms with Crippen LogP contribution in [-0.4, -0.2) is 87.6 Å². The molecule has 0 amide bonds. The number of anilines is 2. The van der Waals surface area contributed by atoms with Crippen LogP contribution in [0.4, 0.5) is 22.7 Å². The maximum Gasteiger partial charge on any atom is 0.187 e. The Morgan fingerprint density at radius 1 is 0.402 bits per heavy atom. The average molecular weight is 1500 g/mol. The normalized spacial score (nSPS) is 11.0. The van der Waals surface area contributed by atoms with Crippen LogP contribution in [0.15, 0.2) is 127 Å². The molecule has 446 valence electrons. The smallest absolute Gasteiger partial charge is 0.187 e. The molecular formula is C68H105BrN10Sn3. The van der Waals surface area contributed by atoms with E-state index in [-0.39, 0.29) is 0 Å². The minimum atomic E-state index is -2.41. The van der Waals surface area contributed by atoms with Crippen LogP contribution >= 0.6 is 15.9 Å². The van der Waals surface area contributed by atoms with Crippen LogP contribution in [0.5, 0.6) is 0 Å². The zero-order valence-electron chi connectivity index (χ0n) is 52.4. The van der Waals surface area contributed by atoms with Crippen molar-refractivity contribution in [1.29, 1.82) is 0 Å². The molecule has 6 rings (SSSR count). The second-order valence-electron chi connectivity index (χ2n) is 22.1. The number of benzene rings is 4. The molecule has 0 fully saturated rings. The quantitative estimate of drug-likeness (QED) is 0.0288. The maximum absolute atomic E-state index is 7.23. The van der Waals surface area contributed by atoms with Crippen LogP contribution in [0.25, 0.3) is 9.69 Å². The van der Waals surface area contributed by atoms with Crippen molar-refractivity contribution in [2.24, 2.45) is 0 Å². The van der Waals surface area contributed by atoms with E-state index in [1.165, 1.54) is 134 Å². The van der Waals surface area contributed by atoms with E-state index in [1.807, 2.05) is 62.9 Å². The molecule has 6 aromatic rings. The van der Waals surface area contributed by atoms with E-state index in [0.29, 0.717) is 17.9 Å². The fourth-order valence-electron chi connectivity index (χ4n) is 10.2. The summed E-state index contributed by atoms with van der Waals surface area (Å²) in [5.41, 5.74) is 5.68. The van der Waals surface area contributed by atoms with Gasteiger partial charge >= 0.3 is 389 Å². The van der Waals surface area contributed by atoms with Gasteiger partial charge in [0.15, 0.2) is 5.69 Å². The van der Waals surface area contributed by atoms with Gasteiger partial charge < -0.3 is 6.57 Å². The number of hydrogen-bond donors (Lipinski definition) is 0. The zero-order valence-corrected chi connectivity index (χ0v) is 62.6. The molecule has 2 radical (unpaired) electrons. The third-order valence-corrected chi connectivity index (χ3v) is 49.8. The van der Waals surface area contributed by atoms with Crippen LogP contribution < -0.4 is 13.6 Å². The Labute approximate surface area is 526 Å². The van der Waals surface area contributed by atoms with Crippen molar-refractivity contribution in [3.63, 3.8) is 0 Å². The van der Waals surface area contributed by atoms with Crippen LogP contribution in [-0.2, 0) is 13.1 Å². The summed E-state index contributed by atoms with van der Waals surface area (Å²) in [6, 6.07) is 33.0. The van der Waals surface area contributed by atoms with Crippen LogP contribution in [0, 0.1) is 13.1 Å². The van der Waals surface area contributed by atoms with Gasteiger partial charge in [-0.3, -0.25) is 5.01 Å². The van der Waals surface area contributed by atoms with Crippen molar-refractivity contribution >= 4 is 100 Å². The molecule has 10 nitrogen and oxygen atoms in total. The molecule has 0 aliphatic rings. The van der Waals surface area contributed by atoms with Gasteiger partial charge in [0.1, 0.15) is 12.7 Å². The number of rotatable bonds is 36. The van der Waals surface area contributed by atoms with Gasteiger partial charge in [-0.1, -0.05) is 40.2 Å². The van der Waals surface area contributed by atoms with E-state index in [4.69, 9.17) is 13.1 Å². The molecule has 82 heavy (non-hydrogen) atoms. The third-order valence-electron chi connectivity index (χ3n) is 15.4. The zero-order chi connectivity index (χ0) is 59.5. The molecule has 0 spiro atoms. The molecule has 2 aromatic heterocycles. The summed E-state index contributed by atoms with van der Waals surface area (Å²) in [4.78, 5) is 6.94. The summed E-state index contributed by atoms with van der Waals surface area (Å²) in [5, 5.41) is 19.9. The van der Waals surface area contributed by atoms with Crippen molar-refractivity contribution in [2.45, 2.75) is 231 Å². The first-order valence-electron chi connectivity index (χ1n) is 31.8. The summed E-state index contributed by atoms with van der Waals surface area (Å²) in [7, 11) is 0. The van der Waals surface area contributed by atoms with Crippen LogP contribution in [0.3, 0.4) is 0 Å². The van der Waals surface area contributed by atoms with E-state index in [1.54, 1.807) is 67.6 Å². The molecule has 0 aliphatic carbocycles. The first kappa shape index (κ1) is 72.9. The van der Waals surface area contributed by atoms with Gasteiger partial charge in [-0.05, 0) is 29.8 Å². The summed E-state index contributed by atoms with van der Waals surface area (Å²) >= 11 is -0.642. The van der Waals surface area contributed by atoms with E-state index >= 15 is 0 Å². The predicted molar refractivity (Wildman–Crippen MR) is 364 cm³/mol. The van der Waals surface area contributed by atoms with Gasteiger partial charge in [-0.15, -0.1) is 10.2 Å². The Hall–Kier alpha value is -3.38. The Bertz CT molecular complexity index is 2450. The number of halogens is 1. The Balaban J connectivity index is 0.000000315. The predicted octanol–water partition coefficient (Wildman–Crippen LogP) is 21.2. The van der Waals surface area contributed by atoms with E-state index in [2.05, 4.69) is 150 Å². The van der Waals surface area contributed by atoms with Crippen LogP contribution in [0.2, 0.25) is 39.9 Å². The van der Waals surface area contributed by atoms with Crippen molar-refractivity contribution in [3.05, 3.63) is 161 Å². The summed E-state index contributed by atoms with van der Waals surface area (Å²) in [6.45, 7) is 36.7. The van der Waals surface area contributed by atoms with Crippen molar-refractivity contribution in [2.75, 3.05) is 10.0 Å². The molecule has 0 atom stereocenters. The molecule has 0 saturated carbocycles. The Morgan fingerprint density at radius 3 is 0.951 bits per heavy atom. The molecule has 14 heteroatoms. The minimum Gasteiger partial charge on any atom is -0.275 e. The van der Waals surface area contributed by atoms with Gasteiger partial charge in [-0.2, -0.15) is 0 Å². The van der Waals surface area contributed by atoms with E-state index < -0.39 is 57.9 Å². The molecular weight excluding hydrogens is 1390 g/mol. The van der Waals surface area contributed by atoms with Gasteiger partial charge in [0.2, 0.25) is 0 Å². The molecule has 2 heterocycles. The fraction of sp³-hybridized carbons (Fsp3) is 0.559. The SMILES string of the molecule is CCC[CH2][Sn]([CH2]CCC)[CH2]CCC.CCC[CH2][Sn]([CH2]CCC)[CH2]CCC.[C-]#[N+]c1ccc(N(Cc2cc[c]([Sn]([CH2]CCC)([CH2]CCC)[CH2]CCC)cc2)n2cnnc2)cc1.[C-]#[N+]c1ccc(N(Cc2ccc(Br)cc2)n2cnnc2)cc1. The molecule has 0 unspecified atom stereocenters. The monoisotopic (exact) mass is 1500 g/mol. The molecule has 0 saturated heterocycles. The molecule has 0 N–H and O–H groups in total. The second-order valence-corrected chi connectivity index (χ2v) is 53.4. The van der Waals surface area contributed by atoms with E-state index in [0.717, 1.165) is 28.0 Å².